The zero-order valence-electron chi connectivity index (χ0n) is 27.1. The number of hydrogen-bond acceptors (Lipinski definition) is 10. The Kier molecular flexibility index (Phi) is 12.9. The quantitative estimate of drug-likeness (QED) is 0.161. The van der Waals surface area contributed by atoms with Gasteiger partial charge in [0.05, 0.1) is 19.0 Å². The Balaban J connectivity index is 1.93. The number of aromatic nitrogens is 4. The van der Waals surface area contributed by atoms with Crippen LogP contribution in [0.2, 0.25) is 16.2 Å². The van der Waals surface area contributed by atoms with Crippen LogP contribution in [0.4, 0.5) is 5.95 Å². The first-order valence-electron chi connectivity index (χ1n) is 15.3. The molecule has 2 aromatic rings. The number of thioether (sulfide) groups is 1. The highest BCUT2D eigenvalue weighted by Gasteiger charge is 2.53. The second-order valence-corrected chi connectivity index (χ2v) is 19.0. The van der Waals surface area contributed by atoms with Gasteiger partial charge in [-0.2, -0.15) is 21.7 Å². The molecular formula is C29H50ClN5O6SSi. The number of amides is 1. The monoisotopic (exact) mass is 659 g/mol. The summed E-state index contributed by atoms with van der Waals surface area (Å²) in [5.74, 6) is -0.522. The van der Waals surface area contributed by atoms with E-state index >= 15 is 0 Å². The van der Waals surface area contributed by atoms with Crippen LogP contribution in [0, 0.1) is 5.92 Å². The number of carbonyl (C=O) groups is 1. The normalized spacial score (nSPS) is 23.9. The maximum absolute atomic E-state index is 12.3. The molecule has 7 atom stereocenters. The van der Waals surface area contributed by atoms with Crippen molar-refractivity contribution < 1.29 is 28.6 Å². The van der Waals surface area contributed by atoms with Crippen LogP contribution in [0.3, 0.4) is 0 Å². The van der Waals surface area contributed by atoms with E-state index in [2.05, 4.69) is 41.0 Å². The molecule has 3 unspecified atom stereocenters. The first kappa shape index (κ1) is 36.1. The average Bonchev–Trinajstić information content (AvgIpc) is 3.46. The van der Waals surface area contributed by atoms with Crippen LogP contribution in [0.1, 0.15) is 88.3 Å². The summed E-state index contributed by atoms with van der Waals surface area (Å²) in [6.07, 6.45) is -0.501. The van der Waals surface area contributed by atoms with Gasteiger partial charge in [0.15, 0.2) is 17.0 Å². The van der Waals surface area contributed by atoms with Crippen molar-refractivity contribution in [1.29, 1.82) is 0 Å². The zero-order chi connectivity index (χ0) is 32.2. The molecule has 3 rings (SSSR count). The van der Waals surface area contributed by atoms with Crippen LogP contribution in [0.5, 0.6) is 0 Å². The molecular weight excluding hydrogens is 610 g/mol. The van der Waals surface area contributed by atoms with E-state index in [1.165, 1.54) is 6.33 Å². The van der Waals surface area contributed by atoms with Gasteiger partial charge in [0.25, 0.3) is 0 Å². The number of nitrogens with zero attached hydrogens (tertiary/aromatic N) is 4. The molecule has 3 N–H and O–H groups in total. The molecule has 1 saturated heterocycles. The van der Waals surface area contributed by atoms with Gasteiger partial charge >= 0.3 is 8.56 Å². The molecule has 3 heterocycles. The molecule has 0 radical (unpaired) electrons. The van der Waals surface area contributed by atoms with Crippen LogP contribution < -0.4 is 5.32 Å². The highest BCUT2D eigenvalue weighted by Crippen LogP contribution is 2.42. The van der Waals surface area contributed by atoms with Crippen molar-refractivity contribution in [2.45, 2.75) is 134 Å². The Morgan fingerprint density at radius 2 is 1.81 bits per heavy atom. The molecule has 11 nitrogen and oxygen atoms in total. The third kappa shape index (κ3) is 8.90. The molecule has 1 aliphatic rings. The molecule has 0 saturated carbocycles. The fourth-order valence-electron chi connectivity index (χ4n) is 5.16. The summed E-state index contributed by atoms with van der Waals surface area (Å²) in [4.78, 5) is 37.4. The molecule has 43 heavy (non-hydrogen) atoms. The van der Waals surface area contributed by atoms with Crippen molar-refractivity contribution in [1.82, 2.24) is 19.5 Å². The van der Waals surface area contributed by atoms with Crippen LogP contribution in [0.25, 0.3) is 11.2 Å². The number of halogens is 1. The van der Waals surface area contributed by atoms with Gasteiger partial charge in [-0.25, -0.2) is 4.98 Å². The number of carbonyl (C=O) groups excluding carboxylic acids is 1. The summed E-state index contributed by atoms with van der Waals surface area (Å²) in [6.45, 7) is 20.1. The third-order valence-corrected chi connectivity index (χ3v) is 13.2. The van der Waals surface area contributed by atoms with Crippen LogP contribution in [-0.2, 0) is 18.7 Å². The maximum Gasteiger partial charge on any atom is 0.341 e. The molecule has 2 aromatic heterocycles. The third-order valence-electron chi connectivity index (χ3n) is 7.68. The lowest BCUT2D eigenvalue weighted by molar-refractivity contribution is -0.118. The number of aliphatic hydroxyl groups is 1. The molecule has 14 heteroatoms. The highest BCUT2D eigenvalue weighted by atomic mass is 35.5. The Bertz CT molecular complexity index is 1220. The van der Waals surface area contributed by atoms with E-state index in [9.17, 15) is 14.7 Å². The molecule has 0 bridgehead atoms. The topological polar surface area (TPSA) is 141 Å². The van der Waals surface area contributed by atoms with Crippen molar-refractivity contribution in [3.8, 4) is 0 Å². The van der Waals surface area contributed by atoms with E-state index in [4.69, 9.17) is 25.5 Å². The maximum atomic E-state index is 12.3. The van der Waals surface area contributed by atoms with Crippen molar-refractivity contribution in [2.24, 2.45) is 5.92 Å². The zero-order valence-corrected chi connectivity index (χ0v) is 29.6. The smallest absolute Gasteiger partial charge is 0.341 e. The van der Waals surface area contributed by atoms with Gasteiger partial charge in [0, 0.05) is 16.7 Å². The van der Waals surface area contributed by atoms with Gasteiger partial charge in [-0.3, -0.25) is 14.7 Å². The predicted molar refractivity (Wildman–Crippen MR) is 174 cm³/mol. The minimum Gasteiger partial charge on any atom is -0.410 e. The first-order valence-corrected chi connectivity index (χ1v) is 18.6. The lowest BCUT2D eigenvalue weighted by Crippen LogP contribution is -2.53. The second kappa shape index (κ2) is 15.3. The van der Waals surface area contributed by atoms with E-state index < -0.39 is 33.1 Å². The van der Waals surface area contributed by atoms with Crippen LogP contribution in [0.15, 0.2) is 6.33 Å². The first-order chi connectivity index (χ1) is 20.0. The molecule has 0 aliphatic carbocycles. The highest BCUT2D eigenvalue weighted by molar-refractivity contribution is 8.00. The Hall–Kier alpha value is -1.32. The van der Waals surface area contributed by atoms with Crippen molar-refractivity contribution in [3.05, 3.63) is 11.5 Å². The van der Waals surface area contributed by atoms with E-state index in [-0.39, 0.29) is 52.4 Å². The fourth-order valence-corrected chi connectivity index (χ4v) is 9.52. The second-order valence-electron chi connectivity index (χ2n) is 12.7. The van der Waals surface area contributed by atoms with Gasteiger partial charge in [0.2, 0.25) is 11.9 Å². The molecule has 1 amide bonds. The van der Waals surface area contributed by atoms with Gasteiger partial charge < -0.3 is 23.8 Å². The number of anilines is 1. The molecule has 0 spiro atoms. The molecule has 1 aliphatic heterocycles. The number of fused-ring (bicyclic) bond motifs is 1. The Morgan fingerprint density at radius 1 is 1.14 bits per heavy atom. The predicted octanol–water partition coefficient (Wildman–Crippen LogP) is 5.69. The van der Waals surface area contributed by atoms with Crippen molar-refractivity contribution in [3.63, 3.8) is 0 Å². The average molecular weight is 660 g/mol. The standard InChI is InChI=1S/C29H50ClN5O6SSi/c1-15(2)27(37)34-29-32-25(30)22-26(33-29)35(14-31-22)28-23(36)24(21(40-28)13-39-16(3)4)41-43(38,18(7)8)20(10)12-11-19(9)42-17(5)6/h14-21,23-24,28,36,38H,11-13H2,1-10H3,(H,32,33,34,37)/t19?,20?,21-,23-,24-,28-,43?/m1/s1. The number of aliphatic hydroxyl groups excluding tert-OH is 1. The molecule has 0 aromatic carbocycles. The summed E-state index contributed by atoms with van der Waals surface area (Å²) < 4.78 is 20.5. The van der Waals surface area contributed by atoms with E-state index in [0.29, 0.717) is 16.0 Å². The van der Waals surface area contributed by atoms with Gasteiger partial charge in [-0.05, 0) is 37.5 Å². The number of rotatable bonds is 15. The van der Waals surface area contributed by atoms with E-state index in [1.54, 1.807) is 18.4 Å². The fraction of sp³-hybridized carbons (Fsp3) is 0.793. The SMILES string of the molecule is CC(C)OC[C@H]1O[C@@H](n2cnc3c(Cl)nc(NC(=O)C(C)C)nc32)[C@H](O)[C@@H]1O[Si](O)(C(C)C)C(C)CCC(C)SC(C)C. The minimum absolute atomic E-state index is 0.0261. The number of nitrogens with one attached hydrogen (secondary N) is 1. The summed E-state index contributed by atoms with van der Waals surface area (Å²) in [7, 11) is -3.38. The summed E-state index contributed by atoms with van der Waals surface area (Å²) in [5, 5.41) is 15.4. The summed E-state index contributed by atoms with van der Waals surface area (Å²) >= 11 is 8.33. The number of ether oxygens (including phenoxy) is 2. The van der Waals surface area contributed by atoms with Gasteiger partial charge in [-0.1, -0.05) is 67.0 Å². The van der Waals surface area contributed by atoms with Crippen LogP contribution >= 0.6 is 23.4 Å². The van der Waals surface area contributed by atoms with Crippen molar-refractivity contribution in [2.75, 3.05) is 11.9 Å². The summed E-state index contributed by atoms with van der Waals surface area (Å²) in [5.41, 5.74) is 0.387. The lowest BCUT2D eigenvalue weighted by Gasteiger charge is -2.38. The summed E-state index contributed by atoms with van der Waals surface area (Å²) in [6, 6.07) is 0. The lowest BCUT2D eigenvalue weighted by atomic mass is 10.1. The van der Waals surface area contributed by atoms with Gasteiger partial charge in [-0.15, -0.1) is 0 Å². The van der Waals surface area contributed by atoms with Crippen molar-refractivity contribution >= 4 is 54.9 Å². The van der Waals surface area contributed by atoms with Crippen LogP contribution in [-0.4, -0.2) is 85.4 Å². The largest absolute Gasteiger partial charge is 0.410 e. The number of hydrogen-bond donors (Lipinski definition) is 3. The van der Waals surface area contributed by atoms with Gasteiger partial charge in [0.1, 0.15) is 23.8 Å². The van der Waals surface area contributed by atoms with E-state index in [0.717, 1.165) is 12.8 Å². The molecule has 1 fully saturated rings. The van der Waals surface area contributed by atoms with E-state index in [1.807, 2.05) is 46.4 Å². The Morgan fingerprint density at radius 3 is 2.40 bits per heavy atom. The molecule has 244 valence electrons. The number of imidazole rings is 1. The Labute approximate surface area is 266 Å². The minimum atomic E-state index is -3.38.